The predicted octanol–water partition coefficient (Wildman–Crippen LogP) is 5.10. The molecular weight excluding hydrogens is 466 g/mol. The lowest BCUT2D eigenvalue weighted by molar-refractivity contribution is 0.0527. The molecule has 0 aliphatic carbocycles. The van der Waals surface area contributed by atoms with Crippen LogP contribution in [-0.2, 0) is 11.3 Å². The van der Waals surface area contributed by atoms with Crippen LogP contribution >= 0.6 is 12.4 Å². The van der Waals surface area contributed by atoms with E-state index in [0.717, 1.165) is 39.2 Å². The lowest BCUT2D eigenvalue weighted by atomic mass is 10.1. The van der Waals surface area contributed by atoms with E-state index < -0.39 is 6.10 Å². The summed E-state index contributed by atoms with van der Waals surface area (Å²) in [7, 11) is 0. The first-order valence-corrected chi connectivity index (χ1v) is 11.5. The molecule has 35 heavy (non-hydrogen) atoms. The number of aryl methyl sites for hydroxylation is 3. The van der Waals surface area contributed by atoms with Gasteiger partial charge >= 0.3 is 5.97 Å². The van der Waals surface area contributed by atoms with Gasteiger partial charge in [-0.1, -0.05) is 17.7 Å². The molecule has 186 valence electrons. The number of rotatable bonds is 8. The number of esters is 1. The Morgan fingerprint density at radius 3 is 2.40 bits per heavy atom. The number of benzene rings is 2. The van der Waals surface area contributed by atoms with Crippen molar-refractivity contribution in [3.8, 4) is 11.4 Å². The summed E-state index contributed by atoms with van der Waals surface area (Å²) in [5.74, 6) is 0.212. The number of hydrogen-bond donors (Lipinski definition) is 1. The van der Waals surface area contributed by atoms with Gasteiger partial charge < -0.3 is 19.1 Å². The number of hydrogen-bond acceptors (Lipinski definition) is 5. The number of carbonyl (C=O) groups excluding carboxylic acids is 1. The number of aliphatic hydroxyl groups excluding tert-OH is 1. The largest absolute Gasteiger partial charge is 0.491 e. The maximum atomic E-state index is 12.9. The Kier molecular flexibility index (Phi) is 8.25. The van der Waals surface area contributed by atoms with Gasteiger partial charge in [-0.05, 0) is 71.0 Å². The quantitative estimate of drug-likeness (QED) is 0.343. The molecule has 7 nitrogen and oxygen atoms in total. The maximum absolute atomic E-state index is 12.9. The van der Waals surface area contributed by atoms with Gasteiger partial charge in [-0.2, -0.15) is 5.10 Å². The molecule has 0 saturated carbocycles. The van der Waals surface area contributed by atoms with Crippen molar-refractivity contribution in [3.05, 3.63) is 76.7 Å². The van der Waals surface area contributed by atoms with Crippen LogP contribution in [0.3, 0.4) is 0 Å². The Bertz CT molecular complexity index is 1320. The van der Waals surface area contributed by atoms with Crippen molar-refractivity contribution in [3.63, 3.8) is 0 Å². The molecule has 0 saturated heterocycles. The first-order chi connectivity index (χ1) is 16.3. The summed E-state index contributed by atoms with van der Waals surface area (Å²) >= 11 is 0. The third-order valence-corrected chi connectivity index (χ3v) is 5.88. The SMILES string of the molecule is CCOC(=O)c1c(C)n(-c2ccc(C)cc2)c2ccc(OCC(O)Cn3nc(C)cc3C)cc12.Cl. The molecule has 0 fully saturated rings. The van der Waals surface area contributed by atoms with Crippen molar-refractivity contribution in [2.24, 2.45) is 0 Å². The van der Waals surface area contributed by atoms with E-state index >= 15 is 0 Å². The molecule has 1 atom stereocenters. The molecule has 0 spiro atoms. The topological polar surface area (TPSA) is 78.5 Å². The molecule has 0 aliphatic rings. The zero-order valence-electron chi connectivity index (χ0n) is 20.7. The van der Waals surface area contributed by atoms with Crippen molar-refractivity contribution < 1.29 is 19.4 Å². The monoisotopic (exact) mass is 497 g/mol. The highest BCUT2D eigenvalue weighted by Crippen LogP contribution is 2.32. The Morgan fingerprint density at radius 2 is 1.77 bits per heavy atom. The Morgan fingerprint density at radius 1 is 1.06 bits per heavy atom. The average Bonchev–Trinajstić information content (AvgIpc) is 3.27. The molecule has 4 rings (SSSR count). The summed E-state index contributed by atoms with van der Waals surface area (Å²) < 4.78 is 15.1. The zero-order chi connectivity index (χ0) is 24.4. The van der Waals surface area contributed by atoms with Crippen LogP contribution in [0.1, 0.15) is 39.9 Å². The van der Waals surface area contributed by atoms with Crippen LogP contribution in [0.5, 0.6) is 5.75 Å². The Hall–Kier alpha value is -3.29. The van der Waals surface area contributed by atoms with Crippen LogP contribution in [0.2, 0.25) is 0 Å². The minimum Gasteiger partial charge on any atom is -0.491 e. The van der Waals surface area contributed by atoms with Gasteiger partial charge in [0.2, 0.25) is 0 Å². The van der Waals surface area contributed by atoms with Gasteiger partial charge in [0, 0.05) is 22.5 Å². The fourth-order valence-corrected chi connectivity index (χ4v) is 4.28. The van der Waals surface area contributed by atoms with Gasteiger partial charge in [-0.15, -0.1) is 12.4 Å². The fraction of sp³-hybridized carbons (Fsp3) is 0.333. The van der Waals surface area contributed by atoms with Crippen molar-refractivity contribution in [2.75, 3.05) is 13.2 Å². The van der Waals surface area contributed by atoms with E-state index in [9.17, 15) is 9.90 Å². The summed E-state index contributed by atoms with van der Waals surface area (Å²) in [5, 5.41) is 15.6. The smallest absolute Gasteiger partial charge is 0.340 e. The number of carbonyl (C=O) groups is 1. The number of halogens is 1. The molecule has 0 radical (unpaired) electrons. The van der Waals surface area contributed by atoms with Crippen LogP contribution in [0.25, 0.3) is 16.6 Å². The van der Waals surface area contributed by atoms with Gasteiger partial charge in [0.15, 0.2) is 0 Å². The second kappa shape index (κ2) is 11.0. The number of nitrogens with zero attached hydrogens (tertiary/aromatic N) is 3. The minimum absolute atomic E-state index is 0. The Balaban J connectivity index is 0.00000342. The van der Waals surface area contributed by atoms with E-state index in [-0.39, 0.29) is 25.0 Å². The standard InChI is InChI=1S/C27H31N3O4.ClH/c1-6-33-27(32)26-20(5)30(21-9-7-17(2)8-10-21)25-12-11-23(14-24(25)26)34-16-22(31)15-29-19(4)13-18(3)28-29;/h7-14,22,31H,6,15-16H2,1-5H3;1H. The first kappa shape index (κ1) is 26.3. The minimum atomic E-state index is -0.725. The highest BCUT2D eigenvalue weighted by Gasteiger charge is 2.22. The van der Waals surface area contributed by atoms with Crippen molar-refractivity contribution in [1.29, 1.82) is 0 Å². The molecule has 2 aromatic carbocycles. The fourth-order valence-electron chi connectivity index (χ4n) is 4.28. The van der Waals surface area contributed by atoms with E-state index in [1.54, 1.807) is 11.6 Å². The summed E-state index contributed by atoms with van der Waals surface area (Å²) in [6, 6.07) is 15.8. The van der Waals surface area contributed by atoms with Crippen LogP contribution < -0.4 is 4.74 Å². The molecule has 2 heterocycles. The molecule has 4 aromatic rings. The highest BCUT2D eigenvalue weighted by molar-refractivity contribution is 6.07. The van der Waals surface area contributed by atoms with Crippen molar-refractivity contribution >= 4 is 29.3 Å². The van der Waals surface area contributed by atoms with E-state index in [0.29, 0.717) is 24.5 Å². The van der Waals surface area contributed by atoms with Gasteiger partial charge in [0.25, 0.3) is 0 Å². The van der Waals surface area contributed by atoms with Gasteiger partial charge in [-0.3, -0.25) is 4.68 Å². The van der Waals surface area contributed by atoms with E-state index in [1.165, 1.54) is 0 Å². The third-order valence-electron chi connectivity index (χ3n) is 5.88. The zero-order valence-corrected chi connectivity index (χ0v) is 21.6. The molecule has 0 bridgehead atoms. The highest BCUT2D eigenvalue weighted by atomic mass is 35.5. The van der Waals surface area contributed by atoms with Crippen molar-refractivity contribution in [2.45, 2.75) is 47.3 Å². The normalized spacial score (nSPS) is 11.8. The van der Waals surface area contributed by atoms with E-state index in [4.69, 9.17) is 9.47 Å². The molecular formula is C27H32ClN3O4. The lowest BCUT2D eigenvalue weighted by Crippen LogP contribution is -2.24. The second-order valence-corrected chi connectivity index (χ2v) is 8.60. The maximum Gasteiger partial charge on any atom is 0.340 e. The van der Waals surface area contributed by atoms with Crippen LogP contribution in [0.4, 0.5) is 0 Å². The van der Waals surface area contributed by atoms with Gasteiger partial charge in [-0.25, -0.2) is 4.79 Å². The van der Waals surface area contributed by atoms with Crippen molar-refractivity contribution in [1.82, 2.24) is 14.3 Å². The number of ether oxygens (including phenoxy) is 2. The second-order valence-electron chi connectivity index (χ2n) is 8.60. The molecule has 8 heteroatoms. The average molecular weight is 498 g/mol. The van der Waals surface area contributed by atoms with Gasteiger partial charge in [0.1, 0.15) is 18.5 Å². The van der Waals surface area contributed by atoms with Crippen LogP contribution in [0, 0.1) is 27.7 Å². The number of aromatic nitrogens is 3. The Labute approximate surface area is 211 Å². The molecule has 0 aliphatic heterocycles. The molecule has 0 amide bonds. The molecule has 2 aromatic heterocycles. The summed E-state index contributed by atoms with van der Waals surface area (Å²) in [4.78, 5) is 12.9. The lowest BCUT2D eigenvalue weighted by Gasteiger charge is -2.14. The molecule has 1 unspecified atom stereocenters. The summed E-state index contributed by atoms with van der Waals surface area (Å²) in [5.41, 5.74) is 6.25. The van der Waals surface area contributed by atoms with Crippen LogP contribution in [-0.4, -0.2) is 44.7 Å². The first-order valence-electron chi connectivity index (χ1n) is 11.5. The van der Waals surface area contributed by atoms with E-state index in [1.807, 2.05) is 76.2 Å². The third kappa shape index (κ3) is 5.52. The molecule has 1 N–H and O–H groups in total. The summed E-state index contributed by atoms with van der Waals surface area (Å²) in [6.45, 7) is 10.4. The summed E-state index contributed by atoms with van der Waals surface area (Å²) in [6.07, 6.45) is -0.725. The number of aliphatic hydroxyl groups is 1. The van der Waals surface area contributed by atoms with Crippen LogP contribution in [0.15, 0.2) is 48.5 Å². The van der Waals surface area contributed by atoms with E-state index in [2.05, 4.69) is 9.67 Å². The predicted molar refractivity (Wildman–Crippen MR) is 139 cm³/mol. The van der Waals surface area contributed by atoms with Gasteiger partial charge in [0.05, 0.1) is 29.9 Å². The number of fused-ring (bicyclic) bond motifs is 1.